The third-order valence-corrected chi connectivity index (χ3v) is 5.67. The molecule has 138 valence electrons. The van der Waals surface area contributed by atoms with E-state index in [1.165, 1.54) is 10.5 Å². The van der Waals surface area contributed by atoms with Gasteiger partial charge < -0.3 is 9.42 Å². The molecule has 1 aliphatic rings. The van der Waals surface area contributed by atoms with Crippen LogP contribution in [0.2, 0.25) is 0 Å². The smallest absolute Gasteiger partial charge is 0.232 e. The van der Waals surface area contributed by atoms with E-state index in [2.05, 4.69) is 23.1 Å². The van der Waals surface area contributed by atoms with Crippen molar-refractivity contribution in [1.82, 2.24) is 10.1 Å². The highest BCUT2D eigenvalue weighted by Gasteiger charge is 2.35. The Hall–Kier alpha value is -2.60. The van der Waals surface area contributed by atoms with Gasteiger partial charge in [0.25, 0.3) is 0 Å². The molecule has 1 aliphatic heterocycles. The van der Waals surface area contributed by atoms with Crippen molar-refractivity contribution in [3.8, 4) is 11.4 Å². The number of carbonyl (C=O) groups is 1. The van der Waals surface area contributed by atoms with E-state index in [0.717, 1.165) is 17.7 Å². The molecule has 1 amide bonds. The van der Waals surface area contributed by atoms with Crippen molar-refractivity contribution < 1.29 is 9.32 Å². The third-order valence-electron chi connectivity index (χ3n) is 4.93. The first kappa shape index (κ1) is 17.8. The number of thioether (sulfide) groups is 1. The summed E-state index contributed by atoms with van der Waals surface area (Å²) in [4.78, 5) is 20.2. The summed E-state index contributed by atoms with van der Waals surface area (Å²) in [6, 6.07) is 16.1. The fourth-order valence-electron chi connectivity index (χ4n) is 3.44. The fourth-order valence-corrected chi connectivity index (χ4v) is 3.85. The van der Waals surface area contributed by atoms with Gasteiger partial charge in [-0.2, -0.15) is 4.98 Å². The zero-order chi connectivity index (χ0) is 18.8. The Kier molecular flexibility index (Phi) is 4.99. The molecule has 0 N–H and O–H groups in total. The van der Waals surface area contributed by atoms with Crippen LogP contribution < -0.4 is 4.90 Å². The molecule has 1 aromatic heterocycles. The molecule has 1 fully saturated rings. The predicted molar refractivity (Wildman–Crippen MR) is 107 cm³/mol. The van der Waals surface area contributed by atoms with Gasteiger partial charge in [-0.25, -0.2) is 0 Å². The lowest BCUT2D eigenvalue weighted by molar-refractivity contribution is -0.117. The lowest BCUT2D eigenvalue weighted by Gasteiger charge is -2.19. The second kappa shape index (κ2) is 7.56. The van der Waals surface area contributed by atoms with Gasteiger partial charge in [0.1, 0.15) is 0 Å². The van der Waals surface area contributed by atoms with Crippen molar-refractivity contribution in [3.63, 3.8) is 0 Å². The number of carbonyl (C=O) groups excluding carboxylic acids is 1. The van der Waals surface area contributed by atoms with Crippen LogP contribution in [0.15, 0.2) is 57.9 Å². The summed E-state index contributed by atoms with van der Waals surface area (Å²) in [7, 11) is 0. The van der Waals surface area contributed by atoms with E-state index in [-0.39, 0.29) is 11.8 Å². The molecule has 27 heavy (non-hydrogen) atoms. The lowest BCUT2D eigenvalue weighted by Crippen LogP contribution is -2.25. The summed E-state index contributed by atoms with van der Waals surface area (Å²) in [5, 5.41) is 4.12. The van der Waals surface area contributed by atoms with Crippen LogP contribution in [-0.4, -0.2) is 28.8 Å². The Labute approximate surface area is 162 Å². The molecular formula is C21H21N3O2S. The largest absolute Gasteiger partial charge is 0.339 e. The molecule has 0 spiro atoms. The Morgan fingerprint density at radius 1 is 1.19 bits per heavy atom. The molecule has 0 radical (unpaired) electrons. The lowest BCUT2D eigenvalue weighted by atomic mass is 10.1. The fraction of sp³-hybridized carbons (Fsp3) is 0.286. The Morgan fingerprint density at radius 2 is 1.96 bits per heavy atom. The second-order valence-corrected chi connectivity index (χ2v) is 7.45. The molecule has 1 saturated heterocycles. The summed E-state index contributed by atoms with van der Waals surface area (Å²) in [6.45, 7) is 2.67. The highest BCUT2D eigenvalue weighted by molar-refractivity contribution is 7.98. The normalized spacial score (nSPS) is 16.9. The number of nitrogens with zero attached hydrogens (tertiary/aromatic N) is 3. The van der Waals surface area contributed by atoms with E-state index < -0.39 is 0 Å². The minimum absolute atomic E-state index is 0.0749. The first-order valence-electron chi connectivity index (χ1n) is 9.06. The van der Waals surface area contributed by atoms with Crippen LogP contribution in [-0.2, 0) is 11.2 Å². The number of anilines is 1. The van der Waals surface area contributed by atoms with Crippen LogP contribution in [0.1, 0.15) is 30.7 Å². The number of amides is 1. The van der Waals surface area contributed by atoms with Crippen LogP contribution in [0.4, 0.5) is 5.69 Å². The van der Waals surface area contributed by atoms with Crippen LogP contribution in [0.3, 0.4) is 0 Å². The van der Waals surface area contributed by atoms with E-state index in [4.69, 9.17) is 4.52 Å². The molecule has 4 rings (SSSR count). The summed E-state index contributed by atoms with van der Waals surface area (Å²) in [6.07, 6.45) is 3.33. The molecule has 0 aliphatic carbocycles. The van der Waals surface area contributed by atoms with E-state index in [9.17, 15) is 4.79 Å². The zero-order valence-corrected chi connectivity index (χ0v) is 16.2. The molecule has 6 heteroatoms. The van der Waals surface area contributed by atoms with Crippen molar-refractivity contribution in [2.75, 3.05) is 17.7 Å². The van der Waals surface area contributed by atoms with E-state index >= 15 is 0 Å². The van der Waals surface area contributed by atoms with Gasteiger partial charge in [-0.1, -0.05) is 30.3 Å². The van der Waals surface area contributed by atoms with Crippen LogP contribution >= 0.6 is 11.8 Å². The number of hydrogen-bond donors (Lipinski definition) is 0. The number of hydrogen-bond acceptors (Lipinski definition) is 5. The van der Waals surface area contributed by atoms with E-state index in [0.29, 0.717) is 24.7 Å². The van der Waals surface area contributed by atoms with Crippen molar-refractivity contribution in [2.45, 2.75) is 30.6 Å². The number of para-hydroxylation sites is 1. The molecule has 2 heterocycles. The van der Waals surface area contributed by atoms with E-state index in [1.54, 1.807) is 11.8 Å². The van der Waals surface area contributed by atoms with Crippen molar-refractivity contribution in [3.05, 3.63) is 60.0 Å². The first-order chi connectivity index (χ1) is 13.2. The average molecular weight is 379 g/mol. The molecule has 3 aromatic rings. The van der Waals surface area contributed by atoms with Gasteiger partial charge >= 0.3 is 0 Å². The maximum atomic E-state index is 12.6. The van der Waals surface area contributed by atoms with Crippen LogP contribution in [0.25, 0.3) is 11.4 Å². The second-order valence-electron chi connectivity index (χ2n) is 6.57. The van der Waals surface area contributed by atoms with Crippen molar-refractivity contribution in [2.24, 2.45) is 0 Å². The molecule has 0 saturated carbocycles. The first-order valence-corrected chi connectivity index (χ1v) is 10.3. The van der Waals surface area contributed by atoms with Gasteiger partial charge in [0, 0.05) is 29.1 Å². The maximum absolute atomic E-state index is 12.6. The minimum atomic E-state index is -0.0749. The SMILES string of the molecule is CCc1ccccc1N1CC(c2nc(-c3ccc(SC)cc3)no2)CC1=O. The number of benzene rings is 2. The topological polar surface area (TPSA) is 59.2 Å². The average Bonchev–Trinajstić information content (AvgIpc) is 3.35. The van der Waals surface area contributed by atoms with Gasteiger partial charge in [0.15, 0.2) is 0 Å². The van der Waals surface area contributed by atoms with Crippen molar-refractivity contribution >= 4 is 23.4 Å². The van der Waals surface area contributed by atoms with Gasteiger partial charge in [0.05, 0.1) is 5.92 Å². The van der Waals surface area contributed by atoms with Gasteiger partial charge in [-0.15, -0.1) is 11.8 Å². The van der Waals surface area contributed by atoms with Gasteiger partial charge in [-0.05, 0) is 48.6 Å². The quantitative estimate of drug-likeness (QED) is 0.609. The standard InChI is InChI=1S/C21H21N3O2S/c1-3-14-6-4-5-7-18(14)24-13-16(12-19(24)25)21-22-20(23-26-21)15-8-10-17(27-2)11-9-15/h4-11,16H,3,12-13H2,1-2H3. The molecule has 0 bridgehead atoms. The van der Waals surface area contributed by atoms with Crippen LogP contribution in [0.5, 0.6) is 0 Å². The Morgan fingerprint density at radius 3 is 2.70 bits per heavy atom. The third kappa shape index (κ3) is 3.49. The highest BCUT2D eigenvalue weighted by Crippen LogP contribution is 2.33. The van der Waals surface area contributed by atoms with E-state index in [1.807, 2.05) is 53.6 Å². The molecule has 2 aromatic carbocycles. The Balaban J connectivity index is 1.55. The summed E-state index contributed by atoms with van der Waals surface area (Å²) in [5.41, 5.74) is 3.08. The molecule has 1 unspecified atom stereocenters. The summed E-state index contributed by atoms with van der Waals surface area (Å²) in [5.74, 6) is 1.13. The number of aromatic nitrogens is 2. The van der Waals surface area contributed by atoms with Gasteiger partial charge in [0.2, 0.25) is 17.6 Å². The maximum Gasteiger partial charge on any atom is 0.232 e. The van der Waals surface area contributed by atoms with Gasteiger partial charge in [-0.3, -0.25) is 4.79 Å². The Bertz CT molecular complexity index is 952. The molecular weight excluding hydrogens is 358 g/mol. The predicted octanol–water partition coefficient (Wildman–Crippen LogP) is 4.54. The van der Waals surface area contributed by atoms with Crippen molar-refractivity contribution in [1.29, 1.82) is 0 Å². The minimum Gasteiger partial charge on any atom is -0.339 e. The molecule has 1 atom stereocenters. The monoisotopic (exact) mass is 379 g/mol. The molecule has 5 nitrogen and oxygen atoms in total. The number of aryl methyl sites for hydroxylation is 1. The summed E-state index contributed by atoms with van der Waals surface area (Å²) < 4.78 is 5.50. The highest BCUT2D eigenvalue weighted by atomic mass is 32.2. The number of rotatable bonds is 5. The zero-order valence-electron chi connectivity index (χ0n) is 15.4. The summed E-state index contributed by atoms with van der Waals surface area (Å²) >= 11 is 1.69. The van der Waals surface area contributed by atoms with Crippen LogP contribution in [0, 0.1) is 0 Å².